The minimum absolute atomic E-state index is 0.0125. The lowest BCUT2D eigenvalue weighted by Gasteiger charge is -2.13. The third-order valence-electron chi connectivity index (χ3n) is 2.58. The first-order valence-corrected chi connectivity index (χ1v) is 5.44. The molecule has 0 aliphatic rings. The van der Waals surface area contributed by atoms with Crippen LogP contribution >= 0.6 is 0 Å². The zero-order chi connectivity index (χ0) is 12.4. The lowest BCUT2D eigenvalue weighted by Crippen LogP contribution is -2.08. The first-order chi connectivity index (χ1) is 8.06. The van der Waals surface area contributed by atoms with Crippen molar-refractivity contribution in [2.24, 2.45) is 7.05 Å². The van der Waals surface area contributed by atoms with Gasteiger partial charge in [-0.05, 0) is 26.0 Å². The minimum atomic E-state index is -0.321. The molecule has 1 unspecified atom stereocenters. The number of nitrogens with one attached hydrogen (secondary N) is 1. The summed E-state index contributed by atoms with van der Waals surface area (Å²) in [6, 6.07) is 3.11. The zero-order valence-electron chi connectivity index (χ0n) is 10.1. The van der Waals surface area contributed by atoms with E-state index in [4.69, 9.17) is 0 Å². The molecule has 2 rings (SSSR count). The number of rotatable bonds is 3. The van der Waals surface area contributed by atoms with Crippen molar-refractivity contribution in [3.8, 4) is 0 Å². The van der Waals surface area contributed by atoms with Crippen molar-refractivity contribution in [2.75, 3.05) is 5.32 Å². The summed E-state index contributed by atoms with van der Waals surface area (Å²) >= 11 is 0. The van der Waals surface area contributed by atoms with Crippen molar-refractivity contribution in [1.82, 2.24) is 14.8 Å². The van der Waals surface area contributed by atoms with Crippen LogP contribution in [0.5, 0.6) is 0 Å². The van der Waals surface area contributed by atoms with Crippen molar-refractivity contribution in [1.29, 1.82) is 0 Å². The van der Waals surface area contributed by atoms with Crippen LogP contribution in [0.4, 0.5) is 10.1 Å². The van der Waals surface area contributed by atoms with Crippen molar-refractivity contribution in [3.63, 3.8) is 0 Å². The average Bonchev–Trinajstić information content (AvgIpc) is 2.58. The van der Waals surface area contributed by atoms with E-state index in [0.717, 1.165) is 17.1 Å². The Bertz CT molecular complexity index is 504. The van der Waals surface area contributed by atoms with E-state index in [1.807, 2.05) is 27.1 Å². The summed E-state index contributed by atoms with van der Waals surface area (Å²) in [4.78, 5) is 4.05. The molecule has 0 aromatic carbocycles. The van der Waals surface area contributed by atoms with Gasteiger partial charge in [0.2, 0.25) is 0 Å². The number of anilines is 1. The van der Waals surface area contributed by atoms with E-state index < -0.39 is 0 Å². The Morgan fingerprint density at radius 3 is 2.71 bits per heavy atom. The van der Waals surface area contributed by atoms with E-state index in [1.165, 1.54) is 12.3 Å². The summed E-state index contributed by atoms with van der Waals surface area (Å²) in [5.41, 5.74) is 2.70. The number of hydrogen-bond donors (Lipinski definition) is 1. The van der Waals surface area contributed by atoms with E-state index in [9.17, 15) is 4.39 Å². The second kappa shape index (κ2) is 4.53. The van der Waals surface area contributed by atoms with Crippen LogP contribution in [0.1, 0.15) is 24.4 Å². The largest absolute Gasteiger partial charge is 0.374 e. The van der Waals surface area contributed by atoms with Crippen LogP contribution in [0.3, 0.4) is 0 Å². The number of aromatic nitrogens is 3. The van der Waals surface area contributed by atoms with Gasteiger partial charge in [0.25, 0.3) is 0 Å². The Morgan fingerprint density at radius 2 is 2.18 bits per heavy atom. The highest BCUT2D eigenvalue weighted by molar-refractivity contribution is 5.47. The lowest BCUT2D eigenvalue weighted by atomic mass is 10.2. The van der Waals surface area contributed by atoms with Crippen LogP contribution in [0.15, 0.2) is 24.5 Å². The van der Waals surface area contributed by atoms with Crippen LogP contribution in [0.25, 0.3) is 0 Å². The molecule has 0 amide bonds. The topological polar surface area (TPSA) is 42.7 Å². The van der Waals surface area contributed by atoms with Crippen LogP contribution < -0.4 is 5.32 Å². The monoisotopic (exact) mass is 234 g/mol. The quantitative estimate of drug-likeness (QED) is 0.887. The van der Waals surface area contributed by atoms with Gasteiger partial charge in [0.15, 0.2) is 0 Å². The third kappa shape index (κ3) is 2.61. The smallest absolute Gasteiger partial charge is 0.141 e. The highest BCUT2D eigenvalue weighted by atomic mass is 19.1. The van der Waals surface area contributed by atoms with Crippen LogP contribution in [0.2, 0.25) is 0 Å². The normalized spacial score (nSPS) is 12.5. The number of halogens is 1. The van der Waals surface area contributed by atoms with Gasteiger partial charge in [0.1, 0.15) is 5.82 Å². The van der Waals surface area contributed by atoms with E-state index in [1.54, 1.807) is 10.7 Å². The summed E-state index contributed by atoms with van der Waals surface area (Å²) in [5.74, 6) is -0.321. The molecule has 2 aromatic heterocycles. The summed E-state index contributed by atoms with van der Waals surface area (Å²) in [6.07, 6.45) is 3.14. The maximum absolute atomic E-state index is 12.7. The van der Waals surface area contributed by atoms with Gasteiger partial charge in [0, 0.05) is 13.2 Å². The van der Waals surface area contributed by atoms with E-state index >= 15 is 0 Å². The second-order valence-corrected chi connectivity index (χ2v) is 4.07. The molecular formula is C12H15FN4. The molecule has 0 aliphatic heterocycles. The second-order valence-electron chi connectivity index (χ2n) is 4.07. The number of hydrogen-bond acceptors (Lipinski definition) is 3. The Hall–Kier alpha value is -1.91. The van der Waals surface area contributed by atoms with Gasteiger partial charge in [0.05, 0.1) is 29.3 Å². The fourth-order valence-electron chi connectivity index (χ4n) is 1.69. The molecule has 90 valence electrons. The van der Waals surface area contributed by atoms with Gasteiger partial charge in [-0.2, -0.15) is 5.10 Å². The zero-order valence-corrected chi connectivity index (χ0v) is 10.1. The van der Waals surface area contributed by atoms with Crippen LogP contribution in [-0.2, 0) is 7.05 Å². The average molecular weight is 234 g/mol. The maximum Gasteiger partial charge on any atom is 0.141 e. The molecule has 0 fully saturated rings. The van der Waals surface area contributed by atoms with Gasteiger partial charge in [-0.3, -0.25) is 9.67 Å². The molecule has 0 aliphatic carbocycles. The first kappa shape index (κ1) is 11.6. The number of nitrogens with zero attached hydrogens (tertiary/aromatic N) is 3. The predicted molar refractivity (Wildman–Crippen MR) is 64.2 cm³/mol. The first-order valence-electron chi connectivity index (χ1n) is 5.44. The molecule has 1 atom stereocenters. The Morgan fingerprint density at radius 1 is 1.41 bits per heavy atom. The molecule has 5 heteroatoms. The predicted octanol–water partition coefficient (Wildman–Crippen LogP) is 2.44. The standard InChI is InChI=1S/C12H15FN4/c1-8(11-5-4-10(13)6-14-11)15-12-7-17(3)16-9(12)2/h4-8,15H,1-3H3. The molecule has 0 saturated heterocycles. The highest BCUT2D eigenvalue weighted by Gasteiger charge is 2.10. The molecule has 0 radical (unpaired) electrons. The third-order valence-corrected chi connectivity index (χ3v) is 2.58. The Labute approximate surface area is 99.5 Å². The molecule has 2 heterocycles. The molecule has 4 nitrogen and oxygen atoms in total. The van der Waals surface area contributed by atoms with Gasteiger partial charge >= 0.3 is 0 Å². The molecule has 0 spiro atoms. The summed E-state index contributed by atoms with van der Waals surface area (Å²) < 4.78 is 14.5. The molecule has 1 N–H and O–H groups in total. The minimum Gasteiger partial charge on any atom is -0.374 e. The summed E-state index contributed by atoms with van der Waals surface area (Å²) in [5, 5.41) is 7.54. The fourth-order valence-corrected chi connectivity index (χ4v) is 1.69. The number of pyridine rings is 1. The van der Waals surface area contributed by atoms with Crippen LogP contribution in [-0.4, -0.2) is 14.8 Å². The fraction of sp³-hybridized carbons (Fsp3) is 0.333. The molecule has 17 heavy (non-hydrogen) atoms. The Kier molecular flexibility index (Phi) is 3.08. The van der Waals surface area contributed by atoms with Gasteiger partial charge in [-0.15, -0.1) is 0 Å². The number of aryl methyl sites for hydroxylation is 2. The molecule has 0 saturated carbocycles. The van der Waals surface area contributed by atoms with E-state index in [-0.39, 0.29) is 11.9 Å². The van der Waals surface area contributed by atoms with Gasteiger partial charge in [-0.25, -0.2) is 4.39 Å². The Balaban J connectivity index is 2.13. The summed E-state index contributed by atoms with van der Waals surface area (Å²) in [6.45, 7) is 3.92. The summed E-state index contributed by atoms with van der Waals surface area (Å²) in [7, 11) is 1.87. The van der Waals surface area contributed by atoms with Crippen molar-refractivity contribution in [3.05, 3.63) is 41.7 Å². The van der Waals surface area contributed by atoms with Gasteiger partial charge in [-0.1, -0.05) is 0 Å². The lowest BCUT2D eigenvalue weighted by molar-refractivity contribution is 0.617. The van der Waals surface area contributed by atoms with E-state index in [2.05, 4.69) is 15.4 Å². The molecule has 2 aromatic rings. The van der Waals surface area contributed by atoms with Crippen LogP contribution in [0, 0.1) is 12.7 Å². The van der Waals surface area contributed by atoms with E-state index in [0.29, 0.717) is 0 Å². The molecule has 0 bridgehead atoms. The maximum atomic E-state index is 12.7. The van der Waals surface area contributed by atoms with Crippen molar-refractivity contribution < 1.29 is 4.39 Å². The SMILES string of the molecule is Cc1nn(C)cc1NC(C)c1ccc(F)cn1. The van der Waals surface area contributed by atoms with Crippen molar-refractivity contribution in [2.45, 2.75) is 19.9 Å². The van der Waals surface area contributed by atoms with Gasteiger partial charge < -0.3 is 5.32 Å². The molecular weight excluding hydrogens is 219 g/mol. The highest BCUT2D eigenvalue weighted by Crippen LogP contribution is 2.19. The van der Waals surface area contributed by atoms with Crippen molar-refractivity contribution >= 4 is 5.69 Å².